The van der Waals surface area contributed by atoms with E-state index in [2.05, 4.69) is 17.6 Å². The van der Waals surface area contributed by atoms with Crippen LogP contribution in [0.4, 0.5) is 8.78 Å². The Bertz CT molecular complexity index is 174. The maximum atomic E-state index is 12.8. The summed E-state index contributed by atoms with van der Waals surface area (Å²) < 4.78 is 25.6. The molecule has 1 saturated heterocycles. The van der Waals surface area contributed by atoms with Crippen LogP contribution >= 0.6 is 0 Å². The fraction of sp³-hybridized carbons (Fsp3) is 1.00. The van der Waals surface area contributed by atoms with Gasteiger partial charge in [-0.25, -0.2) is 8.78 Å². The largest absolute Gasteiger partial charge is 0.317 e. The lowest BCUT2D eigenvalue weighted by Gasteiger charge is -2.10. The van der Waals surface area contributed by atoms with Gasteiger partial charge in [-0.3, -0.25) is 0 Å². The van der Waals surface area contributed by atoms with Crippen molar-refractivity contribution in [1.29, 1.82) is 0 Å². The summed E-state index contributed by atoms with van der Waals surface area (Å²) in [5, 5.41) is 6.15. The lowest BCUT2D eigenvalue weighted by atomic mass is 10.1. The number of unbranched alkanes of at least 4 members (excludes halogenated alkanes) is 2. The van der Waals surface area contributed by atoms with Crippen LogP contribution in [-0.2, 0) is 0 Å². The van der Waals surface area contributed by atoms with Crippen LogP contribution in [0.5, 0.6) is 0 Å². The van der Waals surface area contributed by atoms with Gasteiger partial charge in [-0.1, -0.05) is 19.8 Å². The average molecular weight is 220 g/mol. The predicted molar refractivity (Wildman–Crippen MR) is 58.4 cm³/mol. The van der Waals surface area contributed by atoms with E-state index in [9.17, 15) is 8.78 Å². The molecule has 0 aromatic carbocycles. The normalized spacial score (nSPS) is 24.6. The van der Waals surface area contributed by atoms with Gasteiger partial charge in [0, 0.05) is 12.5 Å². The molecule has 0 saturated carbocycles. The van der Waals surface area contributed by atoms with Gasteiger partial charge in [0.2, 0.25) is 0 Å². The molecule has 1 aliphatic heterocycles. The van der Waals surface area contributed by atoms with Crippen molar-refractivity contribution in [2.75, 3.05) is 19.6 Å². The summed E-state index contributed by atoms with van der Waals surface area (Å²) in [5.74, 6) is -2.48. The van der Waals surface area contributed by atoms with E-state index in [-0.39, 0.29) is 19.0 Å². The quantitative estimate of drug-likeness (QED) is 0.642. The van der Waals surface area contributed by atoms with Gasteiger partial charge in [-0.2, -0.15) is 0 Å². The SMILES string of the molecule is CCCCCNCCC1CC(F)(F)CN1. The molecule has 2 nitrogen and oxygen atoms in total. The molecule has 1 heterocycles. The van der Waals surface area contributed by atoms with Gasteiger partial charge < -0.3 is 10.6 Å². The van der Waals surface area contributed by atoms with Crippen LogP contribution < -0.4 is 10.6 Å². The van der Waals surface area contributed by atoms with Crippen LogP contribution in [0.15, 0.2) is 0 Å². The number of alkyl halides is 2. The van der Waals surface area contributed by atoms with Gasteiger partial charge in [0.1, 0.15) is 0 Å². The monoisotopic (exact) mass is 220 g/mol. The van der Waals surface area contributed by atoms with E-state index in [1.165, 1.54) is 19.3 Å². The van der Waals surface area contributed by atoms with E-state index in [4.69, 9.17) is 0 Å². The van der Waals surface area contributed by atoms with Crippen LogP contribution in [0.25, 0.3) is 0 Å². The molecular formula is C11H22F2N2. The maximum absolute atomic E-state index is 12.8. The van der Waals surface area contributed by atoms with Crippen LogP contribution in [0, 0.1) is 0 Å². The third kappa shape index (κ3) is 5.42. The van der Waals surface area contributed by atoms with Gasteiger partial charge in [-0.05, 0) is 25.9 Å². The summed E-state index contributed by atoms with van der Waals surface area (Å²) in [6, 6.07) is -0.00123. The molecule has 15 heavy (non-hydrogen) atoms. The number of nitrogens with one attached hydrogen (secondary N) is 2. The summed E-state index contributed by atoms with van der Waals surface area (Å²) in [6.07, 6.45) is 4.46. The summed E-state index contributed by atoms with van der Waals surface area (Å²) in [5.41, 5.74) is 0. The molecule has 1 unspecified atom stereocenters. The summed E-state index contributed by atoms with van der Waals surface area (Å²) >= 11 is 0. The van der Waals surface area contributed by atoms with Crippen molar-refractivity contribution in [2.24, 2.45) is 0 Å². The van der Waals surface area contributed by atoms with Crippen molar-refractivity contribution >= 4 is 0 Å². The molecule has 0 bridgehead atoms. The van der Waals surface area contributed by atoms with E-state index < -0.39 is 5.92 Å². The molecule has 0 aromatic rings. The van der Waals surface area contributed by atoms with Crippen molar-refractivity contribution in [3.8, 4) is 0 Å². The molecule has 90 valence electrons. The van der Waals surface area contributed by atoms with Crippen LogP contribution in [0.3, 0.4) is 0 Å². The van der Waals surface area contributed by atoms with E-state index in [0.717, 1.165) is 19.5 Å². The first kappa shape index (κ1) is 12.8. The highest BCUT2D eigenvalue weighted by molar-refractivity contribution is 4.87. The average Bonchev–Trinajstić information content (AvgIpc) is 2.52. The zero-order valence-electron chi connectivity index (χ0n) is 9.49. The highest BCUT2D eigenvalue weighted by atomic mass is 19.3. The third-order valence-corrected chi connectivity index (χ3v) is 2.82. The number of hydrogen-bond acceptors (Lipinski definition) is 2. The maximum Gasteiger partial charge on any atom is 0.261 e. The Balaban J connectivity index is 1.93. The number of halogens is 2. The van der Waals surface area contributed by atoms with Crippen LogP contribution in [0.2, 0.25) is 0 Å². The minimum atomic E-state index is -2.48. The number of hydrogen-bond donors (Lipinski definition) is 2. The lowest BCUT2D eigenvalue weighted by molar-refractivity contribution is 0.0209. The second kappa shape index (κ2) is 6.38. The molecule has 0 amide bonds. The van der Waals surface area contributed by atoms with Crippen molar-refractivity contribution in [2.45, 2.75) is 51.0 Å². The minimum absolute atomic E-state index is 0.00123. The predicted octanol–water partition coefficient (Wildman–Crippen LogP) is 2.15. The highest BCUT2D eigenvalue weighted by Crippen LogP contribution is 2.26. The molecule has 0 spiro atoms. The molecule has 0 aliphatic carbocycles. The van der Waals surface area contributed by atoms with Crippen molar-refractivity contribution in [3.05, 3.63) is 0 Å². The zero-order valence-corrected chi connectivity index (χ0v) is 9.49. The van der Waals surface area contributed by atoms with Crippen molar-refractivity contribution in [1.82, 2.24) is 10.6 Å². The highest BCUT2D eigenvalue weighted by Gasteiger charge is 2.38. The summed E-state index contributed by atoms with van der Waals surface area (Å²) in [6.45, 7) is 3.88. The molecule has 4 heteroatoms. The fourth-order valence-electron chi connectivity index (χ4n) is 1.90. The Morgan fingerprint density at radius 2 is 2.13 bits per heavy atom. The lowest BCUT2D eigenvalue weighted by Crippen LogP contribution is -2.27. The Morgan fingerprint density at radius 3 is 2.73 bits per heavy atom. The van der Waals surface area contributed by atoms with Crippen LogP contribution in [0.1, 0.15) is 39.0 Å². The van der Waals surface area contributed by atoms with E-state index in [1.807, 2.05) is 0 Å². The topological polar surface area (TPSA) is 24.1 Å². The minimum Gasteiger partial charge on any atom is -0.317 e. The standard InChI is InChI=1S/C11H22F2N2/c1-2-3-4-6-14-7-5-10-8-11(12,13)9-15-10/h10,14-15H,2-9H2,1H3. The Hall–Kier alpha value is -0.220. The van der Waals surface area contributed by atoms with Gasteiger partial charge in [0.15, 0.2) is 0 Å². The second-order valence-electron chi connectivity index (χ2n) is 4.38. The third-order valence-electron chi connectivity index (χ3n) is 2.82. The molecule has 1 fully saturated rings. The van der Waals surface area contributed by atoms with E-state index in [0.29, 0.717) is 0 Å². The Morgan fingerprint density at radius 1 is 1.33 bits per heavy atom. The zero-order chi connectivity index (χ0) is 11.1. The van der Waals surface area contributed by atoms with Gasteiger partial charge >= 0.3 is 0 Å². The number of rotatable bonds is 7. The van der Waals surface area contributed by atoms with Gasteiger partial charge in [0.25, 0.3) is 5.92 Å². The van der Waals surface area contributed by atoms with E-state index in [1.54, 1.807) is 0 Å². The summed E-state index contributed by atoms with van der Waals surface area (Å²) in [4.78, 5) is 0. The smallest absolute Gasteiger partial charge is 0.261 e. The molecule has 0 aromatic heterocycles. The molecule has 0 radical (unpaired) electrons. The molecule has 2 N–H and O–H groups in total. The summed E-state index contributed by atoms with van der Waals surface area (Å²) in [7, 11) is 0. The molecular weight excluding hydrogens is 198 g/mol. The first-order valence-electron chi connectivity index (χ1n) is 5.96. The molecule has 1 rings (SSSR count). The molecule has 1 atom stereocenters. The Kier molecular flexibility index (Phi) is 5.47. The Labute approximate surface area is 90.8 Å². The molecule has 1 aliphatic rings. The van der Waals surface area contributed by atoms with Crippen molar-refractivity contribution < 1.29 is 8.78 Å². The first-order chi connectivity index (χ1) is 7.14. The van der Waals surface area contributed by atoms with Crippen molar-refractivity contribution in [3.63, 3.8) is 0 Å². The van der Waals surface area contributed by atoms with Gasteiger partial charge in [0.05, 0.1) is 6.54 Å². The first-order valence-corrected chi connectivity index (χ1v) is 5.96. The fourth-order valence-corrected chi connectivity index (χ4v) is 1.90. The van der Waals surface area contributed by atoms with E-state index >= 15 is 0 Å². The van der Waals surface area contributed by atoms with Crippen LogP contribution in [-0.4, -0.2) is 31.6 Å². The van der Waals surface area contributed by atoms with Gasteiger partial charge in [-0.15, -0.1) is 0 Å². The second-order valence-corrected chi connectivity index (χ2v) is 4.38.